The molecular formula is C19H19NO2. The first-order valence-electron chi connectivity index (χ1n) is 7.43. The summed E-state index contributed by atoms with van der Waals surface area (Å²) < 4.78 is 5.49. The summed E-state index contributed by atoms with van der Waals surface area (Å²) in [4.78, 5) is 13.4. The standard InChI is InChI=1S/C19H19NO2/c1-22-19-10-6-5-9-17(19)20-12-11-15(14-21)13-18(20)16-7-3-2-4-8-16/h2-12,14-15,18H,13H2,1H3. The first kappa shape index (κ1) is 14.4. The van der Waals surface area contributed by atoms with Gasteiger partial charge in [-0.05, 0) is 24.1 Å². The molecule has 3 heteroatoms. The van der Waals surface area contributed by atoms with Gasteiger partial charge < -0.3 is 14.4 Å². The summed E-state index contributed by atoms with van der Waals surface area (Å²) in [7, 11) is 1.68. The van der Waals surface area contributed by atoms with Gasteiger partial charge in [0.1, 0.15) is 12.0 Å². The quantitative estimate of drug-likeness (QED) is 0.799. The van der Waals surface area contributed by atoms with Crippen LogP contribution in [-0.4, -0.2) is 13.4 Å². The van der Waals surface area contributed by atoms with Crippen LogP contribution in [0, 0.1) is 5.92 Å². The normalized spacial score (nSPS) is 20.7. The molecule has 2 aromatic carbocycles. The highest BCUT2D eigenvalue weighted by atomic mass is 16.5. The molecule has 2 atom stereocenters. The summed E-state index contributed by atoms with van der Waals surface area (Å²) in [5.41, 5.74) is 2.21. The fourth-order valence-corrected chi connectivity index (χ4v) is 2.92. The van der Waals surface area contributed by atoms with Gasteiger partial charge in [0.25, 0.3) is 0 Å². The van der Waals surface area contributed by atoms with Crippen molar-refractivity contribution in [2.45, 2.75) is 12.5 Å². The van der Waals surface area contributed by atoms with Crippen molar-refractivity contribution in [3.8, 4) is 5.75 Å². The fraction of sp³-hybridized carbons (Fsp3) is 0.211. The second-order valence-electron chi connectivity index (χ2n) is 5.38. The Morgan fingerprint density at radius 3 is 2.55 bits per heavy atom. The Morgan fingerprint density at radius 1 is 1.09 bits per heavy atom. The van der Waals surface area contributed by atoms with E-state index in [4.69, 9.17) is 4.74 Å². The SMILES string of the molecule is COc1ccccc1N1C=CC(C=O)CC1c1ccccc1. The maximum Gasteiger partial charge on any atom is 0.142 e. The lowest BCUT2D eigenvalue weighted by molar-refractivity contribution is -0.110. The van der Waals surface area contributed by atoms with E-state index in [-0.39, 0.29) is 12.0 Å². The van der Waals surface area contributed by atoms with E-state index in [1.54, 1.807) is 7.11 Å². The maximum absolute atomic E-state index is 11.2. The van der Waals surface area contributed by atoms with E-state index in [9.17, 15) is 4.79 Å². The van der Waals surface area contributed by atoms with Crippen molar-refractivity contribution in [2.24, 2.45) is 5.92 Å². The average Bonchev–Trinajstić information content (AvgIpc) is 2.62. The Morgan fingerprint density at radius 2 is 1.82 bits per heavy atom. The van der Waals surface area contributed by atoms with Crippen molar-refractivity contribution in [3.05, 3.63) is 72.4 Å². The molecule has 1 aliphatic rings. The smallest absolute Gasteiger partial charge is 0.142 e. The number of nitrogens with zero attached hydrogens (tertiary/aromatic N) is 1. The number of methoxy groups -OCH3 is 1. The van der Waals surface area contributed by atoms with Gasteiger partial charge in [-0.2, -0.15) is 0 Å². The van der Waals surface area contributed by atoms with Crippen LogP contribution in [0.2, 0.25) is 0 Å². The second-order valence-corrected chi connectivity index (χ2v) is 5.38. The Labute approximate surface area is 130 Å². The maximum atomic E-state index is 11.2. The van der Waals surface area contributed by atoms with Crippen LogP contribution in [0.3, 0.4) is 0 Å². The number of hydrogen-bond donors (Lipinski definition) is 0. The van der Waals surface area contributed by atoms with Crippen LogP contribution in [0.25, 0.3) is 0 Å². The third-order valence-electron chi connectivity index (χ3n) is 4.05. The van der Waals surface area contributed by atoms with Crippen LogP contribution >= 0.6 is 0 Å². The molecule has 0 saturated carbocycles. The van der Waals surface area contributed by atoms with Crippen LogP contribution in [-0.2, 0) is 4.79 Å². The Bertz CT molecular complexity index is 666. The number of aldehydes is 1. The van der Waals surface area contributed by atoms with Gasteiger partial charge in [-0.1, -0.05) is 48.5 Å². The van der Waals surface area contributed by atoms with Crippen molar-refractivity contribution in [3.63, 3.8) is 0 Å². The average molecular weight is 293 g/mol. The van der Waals surface area contributed by atoms with Crippen LogP contribution in [0.15, 0.2) is 66.9 Å². The van der Waals surface area contributed by atoms with Gasteiger partial charge in [-0.25, -0.2) is 0 Å². The first-order valence-corrected chi connectivity index (χ1v) is 7.43. The molecule has 0 spiro atoms. The number of allylic oxidation sites excluding steroid dienone is 1. The van der Waals surface area contributed by atoms with Gasteiger partial charge in [0.15, 0.2) is 0 Å². The Hall–Kier alpha value is -2.55. The molecular weight excluding hydrogens is 274 g/mol. The largest absolute Gasteiger partial charge is 0.495 e. The molecule has 0 radical (unpaired) electrons. The molecule has 0 aliphatic carbocycles. The molecule has 3 nitrogen and oxygen atoms in total. The predicted molar refractivity (Wildman–Crippen MR) is 88.0 cm³/mol. The summed E-state index contributed by atoms with van der Waals surface area (Å²) in [6, 6.07) is 18.4. The van der Waals surface area contributed by atoms with E-state index in [1.165, 1.54) is 5.56 Å². The van der Waals surface area contributed by atoms with E-state index < -0.39 is 0 Å². The molecule has 0 aromatic heterocycles. The molecule has 0 bridgehead atoms. The zero-order valence-electron chi connectivity index (χ0n) is 12.6. The van der Waals surface area contributed by atoms with Gasteiger partial charge in [0, 0.05) is 12.1 Å². The monoisotopic (exact) mass is 293 g/mol. The Kier molecular flexibility index (Phi) is 4.24. The number of para-hydroxylation sites is 2. The molecule has 3 rings (SSSR count). The highest BCUT2D eigenvalue weighted by molar-refractivity contribution is 5.65. The van der Waals surface area contributed by atoms with Crippen molar-refractivity contribution in [1.82, 2.24) is 0 Å². The molecule has 22 heavy (non-hydrogen) atoms. The molecule has 0 N–H and O–H groups in total. The summed E-state index contributed by atoms with van der Waals surface area (Å²) in [6.45, 7) is 0. The number of benzene rings is 2. The number of hydrogen-bond acceptors (Lipinski definition) is 3. The van der Waals surface area contributed by atoms with Gasteiger partial charge >= 0.3 is 0 Å². The molecule has 0 fully saturated rings. The number of anilines is 1. The van der Waals surface area contributed by atoms with Crippen LogP contribution in [0.1, 0.15) is 18.0 Å². The lowest BCUT2D eigenvalue weighted by atomic mass is 9.91. The Balaban J connectivity index is 2.04. The third kappa shape index (κ3) is 2.75. The predicted octanol–water partition coefficient (Wildman–Crippen LogP) is 3.98. The highest BCUT2D eigenvalue weighted by Gasteiger charge is 2.27. The first-order chi connectivity index (χ1) is 10.8. The molecule has 0 amide bonds. The number of rotatable bonds is 4. The lowest BCUT2D eigenvalue weighted by Gasteiger charge is -2.36. The van der Waals surface area contributed by atoms with Gasteiger partial charge in [-0.3, -0.25) is 0 Å². The molecule has 2 aromatic rings. The van der Waals surface area contributed by atoms with Crippen LogP contribution in [0.5, 0.6) is 5.75 Å². The molecule has 1 aliphatic heterocycles. The lowest BCUT2D eigenvalue weighted by Crippen LogP contribution is -2.29. The zero-order valence-corrected chi connectivity index (χ0v) is 12.6. The van der Waals surface area contributed by atoms with Gasteiger partial charge in [0.05, 0.1) is 18.8 Å². The number of ether oxygens (including phenoxy) is 1. The van der Waals surface area contributed by atoms with Crippen LogP contribution < -0.4 is 9.64 Å². The van der Waals surface area contributed by atoms with E-state index in [0.29, 0.717) is 0 Å². The van der Waals surface area contributed by atoms with Crippen molar-refractivity contribution >= 4 is 12.0 Å². The highest BCUT2D eigenvalue weighted by Crippen LogP contribution is 2.39. The second kappa shape index (κ2) is 6.48. The van der Waals surface area contributed by atoms with E-state index in [2.05, 4.69) is 17.0 Å². The number of carbonyl (C=O) groups is 1. The fourth-order valence-electron chi connectivity index (χ4n) is 2.92. The summed E-state index contributed by atoms with van der Waals surface area (Å²) in [6.07, 6.45) is 5.74. The minimum absolute atomic E-state index is 0.0452. The summed E-state index contributed by atoms with van der Waals surface area (Å²) >= 11 is 0. The van der Waals surface area contributed by atoms with E-state index in [1.807, 2.05) is 54.7 Å². The third-order valence-corrected chi connectivity index (χ3v) is 4.05. The molecule has 1 heterocycles. The topological polar surface area (TPSA) is 29.5 Å². The van der Waals surface area contributed by atoms with Crippen molar-refractivity contribution in [1.29, 1.82) is 0 Å². The zero-order chi connectivity index (χ0) is 15.4. The summed E-state index contributed by atoms with van der Waals surface area (Å²) in [5, 5.41) is 0. The van der Waals surface area contributed by atoms with Crippen LogP contribution in [0.4, 0.5) is 5.69 Å². The molecule has 0 saturated heterocycles. The van der Waals surface area contributed by atoms with E-state index >= 15 is 0 Å². The van der Waals surface area contributed by atoms with Crippen molar-refractivity contribution < 1.29 is 9.53 Å². The van der Waals surface area contributed by atoms with Gasteiger partial charge in [-0.15, -0.1) is 0 Å². The minimum Gasteiger partial charge on any atom is -0.495 e. The summed E-state index contributed by atoms with van der Waals surface area (Å²) in [5.74, 6) is 0.786. The van der Waals surface area contributed by atoms with Gasteiger partial charge in [0.2, 0.25) is 0 Å². The van der Waals surface area contributed by atoms with Crippen molar-refractivity contribution in [2.75, 3.05) is 12.0 Å². The minimum atomic E-state index is -0.0452. The molecule has 112 valence electrons. The van der Waals surface area contributed by atoms with E-state index in [0.717, 1.165) is 24.1 Å². The molecule has 2 unspecified atom stereocenters. The number of carbonyl (C=O) groups excluding carboxylic acids is 1.